The molecule has 2 N–H and O–H groups in total. The first-order chi connectivity index (χ1) is 9.80. The van der Waals surface area contributed by atoms with Crippen molar-refractivity contribution in [1.29, 1.82) is 0 Å². The Balaban J connectivity index is 1.86. The molecule has 20 heavy (non-hydrogen) atoms. The number of fused-ring (bicyclic) bond motifs is 1. The highest BCUT2D eigenvalue weighted by atomic mass is 32.1. The Morgan fingerprint density at radius 3 is 2.75 bits per heavy atom. The largest absolute Gasteiger partial charge is 0.493 e. The summed E-state index contributed by atoms with van der Waals surface area (Å²) in [5.41, 5.74) is 1.76. The minimum Gasteiger partial charge on any atom is -0.493 e. The van der Waals surface area contributed by atoms with Gasteiger partial charge in [0.25, 0.3) is 0 Å². The third-order valence-electron chi connectivity index (χ3n) is 3.00. The van der Waals surface area contributed by atoms with Crippen LogP contribution in [0, 0.1) is 0 Å². The summed E-state index contributed by atoms with van der Waals surface area (Å²) in [6.07, 6.45) is 0. The van der Waals surface area contributed by atoms with Crippen molar-refractivity contribution < 1.29 is 9.47 Å². The molecule has 0 aliphatic rings. The van der Waals surface area contributed by atoms with E-state index >= 15 is 0 Å². The molecule has 3 aromatic rings. The molecule has 0 bridgehead atoms. The molecule has 0 unspecified atom stereocenters. The number of ether oxygens (including phenoxy) is 2. The van der Waals surface area contributed by atoms with Gasteiger partial charge < -0.3 is 19.8 Å². The average molecular weight is 289 g/mol. The lowest BCUT2D eigenvalue weighted by molar-refractivity contribution is 0.356. The molecule has 0 amide bonds. The van der Waals surface area contributed by atoms with Crippen LogP contribution in [0.2, 0.25) is 0 Å². The Kier molecular flexibility index (Phi) is 3.47. The number of hydrogen-bond acceptors (Lipinski definition) is 5. The molecule has 0 atom stereocenters. The second kappa shape index (κ2) is 5.42. The Morgan fingerprint density at radius 1 is 1.25 bits per heavy atom. The van der Waals surface area contributed by atoms with Gasteiger partial charge in [-0.2, -0.15) is 0 Å². The molecule has 2 heterocycles. The minimum atomic E-state index is 0.677. The van der Waals surface area contributed by atoms with Gasteiger partial charge in [0.05, 0.1) is 31.8 Å². The Morgan fingerprint density at radius 2 is 2.05 bits per heavy atom. The molecule has 6 heteroatoms. The number of H-pyrrole nitrogens is 1. The van der Waals surface area contributed by atoms with Crippen LogP contribution < -0.4 is 14.8 Å². The maximum absolute atomic E-state index is 5.28. The SMILES string of the molecule is COc1cc2nc(NCc3cccs3)[nH]c2cc1OC. The summed E-state index contributed by atoms with van der Waals surface area (Å²) in [4.78, 5) is 8.99. The van der Waals surface area contributed by atoms with Crippen molar-refractivity contribution in [3.8, 4) is 11.5 Å². The Labute approximate surface area is 120 Å². The molecule has 2 aromatic heterocycles. The van der Waals surface area contributed by atoms with Crippen molar-refractivity contribution in [2.45, 2.75) is 6.54 Å². The highest BCUT2D eigenvalue weighted by Gasteiger charge is 2.09. The van der Waals surface area contributed by atoms with Crippen LogP contribution in [0.25, 0.3) is 11.0 Å². The molecule has 5 nitrogen and oxygen atoms in total. The van der Waals surface area contributed by atoms with Crippen LogP contribution in [0.3, 0.4) is 0 Å². The number of aromatic nitrogens is 2. The van der Waals surface area contributed by atoms with Crippen LogP contribution >= 0.6 is 11.3 Å². The van der Waals surface area contributed by atoms with E-state index in [-0.39, 0.29) is 0 Å². The van der Waals surface area contributed by atoms with Crippen LogP contribution in [0.15, 0.2) is 29.6 Å². The first kappa shape index (κ1) is 12.8. The van der Waals surface area contributed by atoms with Crippen molar-refractivity contribution in [2.24, 2.45) is 0 Å². The maximum Gasteiger partial charge on any atom is 0.201 e. The monoisotopic (exact) mass is 289 g/mol. The summed E-state index contributed by atoms with van der Waals surface area (Å²) in [6, 6.07) is 7.88. The molecule has 0 aliphatic heterocycles. The maximum atomic E-state index is 5.28. The van der Waals surface area contributed by atoms with E-state index in [0.29, 0.717) is 11.5 Å². The number of thiophene rings is 1. The van der Waals surface area contributed by atoms with Crippen LogP contribution in [0.1, 0.15) is 4.88 Å². The van der Waals surface area contributed by atoms with Gasteiger partial charge in [0.2, 0.25) is 5.95 Å². The number of nitrogens with zero attached hydrogens (tertiary/aromatic N) is 1. The van der Waals surface area contributed by atoms with Gasteiger partial charge in [0, 0.05) is 17.0 Å². The molecule has 0 saturated heterocycles. The second-order valence-electron chi connectivity index (χ2n) is 4.24. The van der Waals surface area contributed by atoms with Crippen molar-refractivity contribution in [3.05, 3.63) is 34.5 Å². The first-order valence-corrected chi connectivity index (χ1v) is 7.06. The zero-order chi connectivity index (χ0) is 13.9. The van der Waals surface area contributed by atoms with Crippen LogP contribution in [-0.2, 0) is 6.54 Å². The fourth-order valence-electron chi connectivity index (χ4n) is 2.00. The zero-order valence-corrected chi connectivity index (χ0v) is 12.1. The third kappa shape index (κ3) is 2.42. The topological polar surface area (TPSA) is 59.2 Å². The van der Waals surface area contributed by atoms with Crippen LogP contribution in [-0.4, -0.2) is 24.2 Å². The molecule has 1 aromatic carbocycles. The summed E-state index contributed by atoms with van der Waals surface area (Å²) in [5.74, 6) is 2.11. The fourth-order valence-corrected chi connectivity index (χ4v) is 2.65. The number of imidazole rings is 1. The smallest absolute Gasteiger partial charge is 0.201 e. The van der Waals surface area contributed by atoms with Gasteiger partial charge in [0.1, 0.15) is 0 Å². The van der Waals surface area contributed by atoms with Gasteiger partial charge in [-0.25, -0.2) is 4.98 Å². The fraction of sp³-hybridized carbons (Fsp3) is 0.214. The predicted molar refractivity (Wildman–Crippen MR) is 80.8 cm³/mol. The van der Waals surface area contributed by atoms with Gasteiger partial charge in [-0.3, -0.25) is 0 Å². The second-order valence-corrected chi connectivity index (χ2v) is 5.27. The lowest BCUT2D eigenvalue weighted by Crippen LogP contribution is -1.98. The third-order valence-corrected chi connectivity index (χ3v) is 3.87. The van der Waals surface area contributed by atoms with Crippen molar-refractivity contribution in [1.82, 2.24) is 9.97 Å². The summed E-state index contributed by atoms with van der Waals surface area (Å²) in [7, 11) is 3.24. The van der Waals surface area contributed by atoms with Crippen molar-refractivity contribution in [3.63, 3.8) is 0 Å². The predicted octanol–water partition coefficient (Wildman–Crippen LogP) is 3.25. The summed E-state index contributed by atoms with van der Waals surface area (Å²) >= 11 is 1.72. The van der Waals surface area contributed by atoms with E-state index in [4.69, 9.17) is 9.47 Å². The number of anilines is 1. The Hall–Kier alpha value is -2.21. The average Bonchev–Trinajstić information content (AvgIpc) is 3.11. The standard InChI is InChI=1S/C14H15N3O2S/c1-18-12-6-10-11(7-13(12)19-2)17-14(16-10)15-8-9-4-3-5-20-9/h3-7H,8H2,1-2H3,(H2,15,16,17). The molecule has 104 valence electrons. The molecule has 3 rings (SSSR count). The summed E-state index contributed by atoms with van der Waals surface area (Å²) in [5, 5.41) is 5.33. The number of rotatable bonds is 5. The van der Waals surface area contributed by atoms with E-state index < -0.39 is 0 Å². The van der Waals surface area contributed by atoms with E-state index in [1.165, 1.54) is 4.88 Å². The van der Waals surface area contributed by atoms with E-state index in [1.807, 2.05) is 18.2 Å². The van der Waals surface area contributed by atoms with E-state index in [9.17, 15) is 0 Å². The lowest BCUT2D eigenvalue weighted by Gasteiger charge is -2.06. The molecule has 0 saturated carbocycles. The number of aromatic amines is 1. The summed E-state index contributed by atoms with van der Waals surface area (Å²) in [6.45, 7) is 0.756. The molecule has 0 spiro atoms. The van der Waals surface area contributed by atoms with E-state index in [0.717, 1.165) is 23.5 Å². The number of hydrogen-bond donors (Lipinski definition) is 2. The van der Waals surface area contributed by atoms with Crippen LogP contribution in [0.5, 0.6) is 11.5 Å². The van der Waals surface area contributed by atoms with Gasteiger partial charge in [-0.1, -0.05) is 6.07 Å². The van der Waals surface area contributed by atoms with Gasteiger partial charge >= 0.3 is 0 Å². The molecular weight excluding hydrogens is 274 g/mol. The minimum absolute atomic E-state index is 0.677. The van der Waals surface area contributed by atoms with Crippen molar-refractivity contribution in [2.75, 3.05) is 19.5 Å². The molecular formula is C14H15N3O2S. The highest BCUT2D eigenvalue weighted by molar-refractivity contribution is 7.09. The van der Waals surface area contributed by atoms with Gasteiger partial charge in [0.15, 0.2) is 11.5 Å². The van der Waals surface area contributed by atoms with E-state index in [1.54, 1.807) is 25.6 Å². The normalized spacial score (nSPS) is 10.7. The number of methoxy groups -OCH3 is 2. The highest BCUT2D eigenvalue weighted by Crippen LogP contribution is 2.31. The van der Waals surface area contributed by atoms with Gasteiger partial charge in [-0.05, 0) is 11.4 Å². The zero-order valence-electron chi connectivity index (χ0n) is 11.3. The quantitative estimate of drug-likeness (QED) is 0.757. The Bertz CT molecular complexity index is 666. The first-order valence-electron chi connectivity index (χ1n) is 6.18. The molecule has 0 radical (unpaired) electrons. The van der Waals surface area contributed by atoms with Gasteiger partial charge in [-0.15, -0.1) is 11.3 Å². The van der Waals surface area contributed by atoms with Crippen LogP contribution in [0.4, 0.5) is 5.95 Å². The number of benzene rings is 1. The summed E-state index contributed by atoms with van der Waals surface area (Å²) < 4.78 is 10.6. The molecule has 0 aliphatic carbocycles. The lowest BCUT2D eigenvalue weighted by atomic mass is 10.3. The number of nitrogens with one attached hydrogen (secondary N) is 2. The van der Waals surface area contributed by atoms with Crippen molar-refractivity contribution >= 4 is 28.3 Å². The van der Waals surface area contributed by atoms with E-state index in [2.05, 4.69) is 26.7 Å². The molecule has 0 fully saturated rings.